The molecule has 18 heteroatoms. The molecule has 2 aliphatic rings. The van der Waals surface area contributed by atoms with E-state index < -0.39 is 62.2 Å². The Morgan fingerprint density at radius 2 is 1.98 bits per heavy atom. The number of anilines is 2. The monoisotopic (exact) mass is 659 g/mol. The molecule has 0 bridgehead atoms. The van der Waals surface area contributed by atoms with E-state index in [-0.39, 0.29) is 28.9 Å². The zero-order valence-corrected chi connectivity index (χ0v) is 25.6. The fourth-order valence-corrected chi connectivity index (χ4v) is 6.35. The van der Waals surface area contributed by atoms with Gasteiger partial charge in [0.25, 0.3) is 6.43 Å². The second-order valence-electron chi connectivity index (χ2n) is 10.8. The lowest BCUT2D eigenvalue weighted by Gasteiger charge is -2.29. The Labute approximate surface area is 256 Å². The first-order chi connectivity index (χ1) is 20.8. The summed E-state index contributed by atoms with van der Waals surface area (Å²) in [5.41, 5.74) is 6.18. The van der Waals surface area contributed by atoms with E-state index in [1.165, 1.54) is 25.4 Å². The first-order valence-corrected chi connectivity index (χ1v) is 15.8. The maximum absolute atomic E-state index is 14.6. The van der Waals surface area contributed by atoms with Crippen LogP contribution in [-0.2, 0) is 23.4 Å². The van der Waals surface area contributed by atoms with Crippen molar-refractivity contribution in [1.29, 1.82) is 0 Å². The number of nitrogen functional groups attached to an aromatic ring is 1. The highest BCUT2D eigenvalue weighted by Crippen LogP contribution is 2.51. The van der Waals surface area contributed by atoms with Crippen molar-refractivity contribution in [3.05, 3.63) is 36.7 Å². The van der Waals surface area contributed by atoms with Crippen LogP contribution < -0.4 is 20.7 Å². The number of benzene rings is 1. The van der Waals surface area contributed by atoms with E-state index >= 15 is 0 Å². The second kappa shape index (κ2) is 12.7. The van der Waals surface area contributed by atoms with Crippen LogP contribution in [0.1, 0.15) is 39.8 Å². The summed E-state index contributed by atoms with van der Waals surface area (Å²) in [6.07, 6.45) is -6.03. The smallest absolute Gasteiger partial charge is 0.459 e. The van der Waals surface area contributed by atoms with E-state index in [0.29, 0.717) is 5.82 Å². The van der Waals surface area contributed by atoms with Crippen LogP contribution in [0.2, 0.25) is 0 Å². The number of nitrogens with one attached hydrogen (secondary N) is 2. The average molecular weight is 660 g/mol. The van der Waals surface area contributed by atoms with E-state index in [0.717, 1.165) is 17.4 Å². The van der Waals surface area contributed by atoms with Gasteiger partial charge in [0, 0.05) is 6.04 Å². The van der Waals surface area contributed by atoms with Crippen LogP contribution in [0.5, 0.6) is 5.75 Å². The van der Waals surface area contributed by atoms with Gasteiger partial charge < -0.3 is 30.2 Å². The van der Waals surface area contributed by atoms with Gasteiger partial charge in [-0.2, -0.15) is 15.1 Å². The van der Waals surface area contributed by atoms with Crippen molar-refractivity contribution < 1.29 is 41.8 Å². The molecule has 0 radical (unpaired) electrons. The lowest BCUT2D eigenvalue weighted by molar-refractivity contribution is -0.149. The number of aliphatic hydroxyl groups is 1. The molecule has 5 N–H and O–H groups in total. The van der Waals surface area contributed by atoms with Crippen molar-refractivity contribution in [1.82, 2.24) is 24.6 Å². The van der Waals surface area contributed by atoms with E-state index in [1.54, 1.807) is 32.0 Å². The van der Waals surface area contributed by atoms with Crippen LogP contribution >= 0.6 is 19.3 Å². The van der Waals surface area contributed by atoms with E-state index in [9.17, 15) is 23.2 Å². The van der Waals surface area contributed by atoms with Crippen LogP contribution in [0.3, 0.4) is 0 Å². The van der Waals surface area contributed by atoms with E-state index in [4.69, 9.17) is 35.9 Å². The summed E-state index contributed by atoms with van der Waals surface area (Å²) >= 11 is 6.44. The van der Waals surface area contributed by atoms with Gasteiger partial charge >= 0.3 is 13.7 Å². The van der Waals surface area contributed by atoms with Crippen molar-refractivity contribution in [3.63, 3.8) is 0 Å². The van der Waals surface area contributed by atoms with Crippen LogP contribution in [0, 0.1) is 0 Å². The van der Waals surface area contributed by atoms with Gasteiger partial charge in [-0.25, -0.2) is 18.3 Å². The minimum absolute atomic E-state index is 0.0438. The number of para-hydroxylation sites is 1. The number of halogens is 3. The quantitative estimate of drug-likeness (QED) is 0.119. The number of imidazole rings is 1. The topological polar surface area (TPSA) is 185 Å². The highest BCUT2D eigenvalue weighted by Gasteiger charge is 2.62. The third-order valence-corrected chi connectivity index (χ3v) is 9.09. The Bertz CT molecular complexity index is 1530. The van der Waals surface area contributed by atoms with E-state index in [1.807, 2.05) is 0 Å². The lowest BCUT2D eigenvalue weighted by Crippen LogP contribution is -2.48. The third-order valence-electron chi connectivity index (χ3n) is 6.87. The Morgan fingerprint density at radius 1 is 1.27 bits per heavy atom. The molecule has 3 heterocycles. The Kier molecular flexibility index (Phi) is 9.31. The Hall–Kier alpha value is -3.14. The summed E-state index contributed by atoms with van der Waals surface area (Å²) in [4.78, 5) is 22.3. The molecule has 1 aromatic carbocycles. The van der Waals surface area contributed by atoms with Crippen molar-refractivity contribution in [2.24, 2.45) is 0 Å². The number of fused-ring (bicyclic) bond motifs is 1. The summed E-state index contributed by atoms with van der Waals surface area (Å²) in [6, 6.07) is 6.94. The summed E-state index contributed by atoms with van der Waals surface area (Å²) in [7, 11) is -4.42. The van der Waals surface area contributed by atoms with Gasteiger partial charge in [-0.1, -0.05) is 18.2 Å². The van der Waals surface area contributed by atoms with Gasteiger partial charge in [0.15, 0.2) is 28.1 Å². The number of hydrogen-bond acceptors (Lipinski definition) is 12. The Morgan fingerprint density at radius 3 is 2.61 bits per heavy atom. The largest absolute Gasteiger partial charge is 0.462 e. The number of aliphatic hydroxyl groups excluding tert-OH is 1. The zero-order chi connectivity index (χ0) is 31.8. The molecule has 0 amide bonds. The molecule has 1 saturated carbocycles. The molecule has 3 aromatic rings. The molecular weight excluding hydrogens is 627 g/mol. The number of carbonyl (C=O) groups is 1. The highest BCUT2D eigenvalue weighted by atomic mass is 35.5. The van der Waals surface area contributed by atoms with Crippen LogP contribution in [0.15, 0.2) is 36.7 Å². The minimum Gasteiger partial charge on any atom is -0.462 e. The predicted octanol–water partition coefficient (Wildman–Crippen LogP) is 3.62. The van der Waals surface area contributed by atoms with Gasteiger partial charge in [-0.15, -0.1) is 11.6 Å². The number of hydrogen-bond donors (Lipinski definition) is 4. The Balaban J connectivity index is 1.41. The fourth-order valence-electron chi connectivity index (χ4n) is 4.55. The summed E-state index contributed by atoms with van der Waals surface area (Å²) in [5.74, 6) is -0.442. The van der Waals surface area contributed by atoms with Crippen molar-refractivity contribution in [2.45, 2.75) is 81.5 Å². The molecule has 240 valence electrons. The molecule has 5 rings (SSSR count). The molecule has 1 aliphatic heterocycles. The van der Waals surface area contributed by atoms with Crippen LogP contribution in [0.4, 0.5) is 20.5 Å². The maximum Gasteiger partial charge on any atom is 0.459 e. The van der Waals surface area contributed by atoms with Crippen LogP contribution in [0.25, 0.3) is 11.2 Å². The number of nitrogens with two attached hydrogens (primary N) is 1. The SMILES string of the molecule is CC(C)OC(=O)C(C)N[P@@](=O)(OC[C@H]1O[C@@H](n2cnc3c(NC4CC4)nc(N)nc32)[C@@](Cl)(C(F)F)[C@@H]1O)Oc1ccccc1. The molecule has 1 unspecified atom stereocenters. The summed E-state index contributed by atoms with van der Waals surface area (Å²) < 4.78 is 66.3. The van der Waals surface area contributed by atoms with Gasteiger partial charge in [-0.3, -0.25) is 13.9 Å². The molecule has 1 saturated heterocycles. The molecule has 0 spiro atoms. The van der Waals surface area contributed by atoms with E-state index in [2.05, 4.69) is 25.4 Å². The molecule has 2 aromatic heterocycles. The van der Waals surface area contributed by atoms with Gasteiger partial charge in [0.2, 0.25) is 5.95 Å². The molecule has 1 aliphatic carbocycles. The summed E-state index contributed by atoms with van der Waals surface area (Å²) in [5, 5.41) is 16.7. The number of aromatic nitrogens is 4. The number of rotatable bonds is 13. The molecule has 2 fully saturated rings. The standard InChI is InChI=1S/C26H33ClF2N7O7P/c1-13(2)41-22(38)14(3)35-44(39,43-16-7-5-4-6-8-16)40-11-17-19(37)26(27,23(28)29)24(42-17)36-12-31-18-20(32-15-9-10-15)33-25(30)34-21(18)36/h4-8,12-15,17,19,23-24,37H,9-11H2,1-3H3,(H,35,39)(H3,30,32,33,34)/t14?,17-,19-,24-,26+,44-/m1/s1. The summed E-state index contributed by atoms with van der Waals surface area (Å²) in [6.45, 7) is 3.94. The first-order valence-electron chi connectivity index (χ1n) is 13.9. The minimum atomic E-state index is -4.42. The molecule has 44 heavy (non-hydrogen) atoms. The van der Waals surface area contributed by atoms with Gasteiger partial charge in [-0.05, 0) is 45.7 Å². The number of esters is 1. The third kappa shape index (κ3) is 6.75. The highest BCUT2D eigenvalue weighted by molar-refractivity contribution is 7.52. The lowest BCUT2D eigenvalue weighted by atomic mass is 9.99. The zero-order valence-electron chi connectivity index (χ0n) is 24.0. The predicted molar refractivity (Wildman–Crippen MR) is 155 cm³/mol. The van der Waals surface area contributed by atoms with Gasteiger partial charge in [0.05, 0.1) is 19.0 Å². The van der Waals surface area contributed by atoms with Crippen molar-refractivity contribution in [2.75, 3.05) is 17.7 Å². The normalized spacial score (nSPS) is 25.7. The molecular formula is C26H33ClF2N7O7P. The number of nitrogens with zero attached hydrogens (tertiary/aromatic N) is 4. The number of ether oxygens (including phenoxy) is 2. The number of carbonyl (C=O) groups excluding carboxylic acids is 1. The maximum atomic E-state index is 14.6. The van der Waals surface area contributed by atoms with Crippen molar-refractivity contribution in [3.8, 4) is 5.75 Å². The fraction of sp³-hybridized carbons (Fsp3) is 0.538. The molecule has 14 nitrogen and oxygen atoms in total. The van der Waals surface area contributed by atoms with Crippen LogP contribution in [-0.4, -0.2) is 78.9 Å². The van der Waals surface area contributed by atoms with Crippen molar-refractivity contribution >= 4 is 48.2 Å². The first kappa shape index (κ1) is 32.3. The second-order valence-corrected chi connectivity index (χ2v) is 13.2. The molecule has 6 atom stereocenters. The number of alkyl halides is 3. The average Bonchev–Trinajstić information content (AvgIpc) is 3.61. The van der Waals surface area contributed by atoms with Gasteiger partial charge in [0.1, 0.15) is 24.0 Å².